The Kier molecular flexibility index (Phi) is 5.04. The summed E-state index contributed by atoms with van der Waals surface area (Å²) in [4.78, 5) is 40.1. The molecule has 146 valence electrons. The number of carboxylic acid groups (broad SMARTS) is 1. The summed E-state index contributed by atoms with van der Waals surface area (Å²) in [6.07, 6.45) is -0.603. The number of benzene rings is 1. The number of ether oxygens (including phenoxy) is 1. The molecule has 3 heterocycles. The summed E-state index contributed by atoms with van der Waals surface area (Å²) in [5.41, 5.74) is 1.32. The van der Waals surface area contributed by atoms with Crippen LogP contribution in [0.4, 0.5) is 5.69 Å². The SMILES string of the molecule is CO[C@H]1C(=O)N2C(C(=O)O)=C(CSc3nc4ccc([N+](=O)[O-])cc4s3)CS[C@H]12. The molecule has 4 rings (SSSR count). The number of aliphatic carboxylic acids is 1. The number of carboxylic acids is 1. The maximum Gasteiger partial charge on any atom is 0.352 e. The van der Waals surface area contributed by atoms with Crippen LogP contribution in [0.15, 0.2) is 33.8 Å². The van der Waals surface area contributed by atoms with Crippen molar-refractivity contribution in [1.29, 1.82) is 0 Å². The quantitative estimate of drug-likeness (QED) is 0.313. The van der Waals surface area contributed by atoms with Crippen molar-refractivity contribution in [2.75, 3.05) is 18.6 Å². The van der Waals surface area contributed by atoms with E-state index in [9.17, 15) is 24.8 Å². The van der Waals surface area contributed by atoms with Gasteiger partial charge in [-0.25, -0.2) is 9.78 Å². The molecule has 1 amide bonds. The van der Waals surface area contributed by atoms with E-state index in [0.717, 1.165) is 0 Å². The molecule has 12 heteroatoms. The van der Waals surface area contributed by atoms with Gasteiger partial charge in [-0.3, -0.25) is 19.8 Å². The van der Waals surface area contributed by atoms with E-state index in [1.807, 2.05) is 0 Å². The summed E-state index contributed by atoms with van der Waals surface area (Å²) in [7, 11) is 1.44. The van der Waals surface area contributed by atoms with Crippen molar-refractivity contribution in [3.63, 3.8) is 0 Å². The van der Waals surface area contributed by atoms with Crippen molar-refractivity contribution < 1.29 is 24.4 Å². The van der Waals surface area contributed by atoms with E-state index in [2.05, 4.69) is 4.98 Å². The number of amides is 1. The van der Waals surface area contributed by atoms with Crippen LogP contribution in [0.1, 0.15) is 0 Å². The van der Waals surface area contributed by atoms with Crippen molar-refractivity contribution >= 4 is 62.6 Å². The molecular formula is C16H13N3O6S3. The summed E-state index contributed by atoms with van der Waals surface area (Å²) < 4.78 is 6.51. The van der Waals surface area contributed by atoms with E-state index in [1.54, 1.807) is 6.07 Å². The smallest absolute Gasteiger partial charge is 0.352 e. The minimum absolute atomic E-state index is 0.00212. The number of rotatable bonds is 6. The van der Waals surface area contributed by atoms with Crippen LogP contribution in [0.3, 0.4) is 0 Å². The zero-order valence-electron chi connectivity index (χ0n) is 14.4. The van der Waals surface area contributed by atoms with Gasteiger partial charge in [-0.2, -0.15) is 0 Å². The van der Waals surface area contributed by atoms with Crippen LogP contribution in [0, 0.1) is 10.1 Å². The molecule has 2 aliphatic rings. The van der Waals surface area contributed by atoms with Crippen LogP contribution < -0.4 is 0 Å². The lowest BCUT2D eigenvalue weighted by Crippen LogP contribution is -2.65. The first-order chi connectivity index (χ1) is 13.4. The van der Waals surface area contributed by atoms with E-state index in [4.69, 9.17) is 4.74 Å². The first-order valence-corrected chi connectivity index (χ1v) is 10.9. The number of thiazole rings is 1. The van der Waals surface area contributed by atoms with Crippen LogP contribution in [0.2, 0.25) is 0 Å². The normalized spacial score (nSPS) is 21.6. The van der Waals surface area contributed by atoms with Gasteiger partial charge in [0.25, 0.3) is 11.6 Å². The number of hydrogen-bond donors (Lipinski definition) is 1. The van der Waals surface area contributed by atoms with Crippen LogP contribution in [0.25, 0.3) is 10.2 Å². The second kappa shape index (κ2) is 7.35. The summed E-state index contributed by atoms with van der Waals surface area (Å²) in [5.74, 6) is -0.625. The molecule has 0 saturated carbocycles. The number of nitrogens with zero attached hydrogens (tertiary/aromatic N) is 3. The van der Waals surface area contributed by atoms with Gasteiger partial charge < -0.3 is 9.84 Å². The highest BCUT2D eigenvalue weighted by Crippen LogP contribution is 2.43. The van der Waals surface area contributed by atoms with Gasteiger partial charge in [0.05, 0.1) is 15.1 Å². The fourth-order valence-electron chi connectivity index (χ4n) is 3.06. The Bertz CT molecular complexity index is 1040. The molecule has 1 aromatic heterocycles. The standard InChI is InChI=1S/C16H13N3O6S3/c1-25-12-13(20)18-11(15(21)22)7(5-26-14(12)18)6-27-16-17-9-3-2-8(19(23)24)4-10(9)28-16/h2-4,12,14H,5-6H2,1H3,(H,21,22)/t12-,14+/m0/s1. The molecule has 0 aliphatic carbocycles. The van der Waals surface area contributed by atoms with E-state index >= 15 is 0 Å². The first kappa shape index (κ1) is 19.2. The molecule has 2 aromatic rings. The van der Waals surface area contributed by atoms with E-state index in [0.29, 0.717) is 31.6 Å². The monoisotopic (exact) mass is 439 g/mol. The summed E-state index contributed by atoms with van der Waals surface area (Å²) in [5, 5.41) is 20.2. The van der Waals surface area contributed by atoms with Crippen molar-refractivity contribution in [2.24, 2.45) is 0 Å². The number of carbonyl (C=O) groups is 2. The highest BCUT2D eigenvalue weighted by Gasteiger charge is 2.53. The average molecular weight is 439 g/mol. The number of carbonyl (C=O) groups excluding carboxylic acids is 1. The lowest BCUT2D eigenvalue weighted by Gasteiger charge is -2.48. The maximum atomic E-state index is 12.2. The van der Waals surface area contributed by atoms with Crippen LogP contribution in [-0.2, 0) is 14.3 Å². The molecule has 28 heavy (non-hydrogen) atoms. The molecule has 1 fully saturated rings. The minimum Gasteiger partial charge on any atom is -0.477 e. The number of methoxy groups -OCH3 is 1. The van der Waals surface area contributed by atoms with Gasteiger partial charge >= 0.3 is 5.97 Å². The second-order valence-electron chi connectivity index (χ2n) is 6.00. The maximum absolute atomic E-state index is 12.2. The third-order valence-corrected chi connectivity index (χ3v) is 7.95. The first-order valence-electron chi connectivity index (χ1n) is 8.01. The molecule has 9 nitrogen and oxygen atoms in total. The Balaban J connectivity index is 1.56. The predicted molar refractivity (Wildman–Crippen MR) is 106 cm³/mol. The third-order valence-electron chi connectivity index (χ3n) is 4.39. The minimum atomic E-state index is -1.14. The molecule has 2 atom stereocenters. The lowest BCUT2D eigenvalue weighted by molar-refractivity contribution is -0.384. The Hall–Kier alpha value is -2.15. The molecule has 1 N–H and O–H groups in total. The third kappa shape index (κ3) is 3.15. The van der Waals surface area contributed by atoms with Crippen molar-refractivity contribution in [3.8, 4) is 0 Å². The van der Waals surface area contributed by atoms with Crippen molar-refractivity contribution in [1.82, 2.24) is 9.88 Å². The molecule has 1 aromatic carbocycles. The number of β-lactam (4-membered cyclic amide) rings is 1. The number of nitro groups is 1. The highest BCUT2D eigenvalue weighted by molar-refractivity contribution is 8.02. The van der Waals surface area contributed by atoms with Crippen LogP contribution in [-0.4, -0.2) is 61.9 Å². The average Bonchev–Trinajstić information content (AvgIpc) is 3.07. The highest BCUT2D eigenvalue weighted by atomic mass is 32.2. The zero-order valence-corrected chi connectivity index (χ0v) is 16.8. The van der Waals surface area contributed by atoms with Gasteiger partial charge in [-0.05, 0) is 11.6 Å². The molecule has 0 unspecified atom stereocenters. The fraction of sp³-hybridized carbons (Fsp3) is 0.312. The largest absolute Gasteiger partial charge is 0.477 e. The van der Waals surface area contributed by atoms with Gasteiger partial charge in [-0.1, -0.05) is 11.8 Å². The molecule has 0 bridgehead atoms. The zero-order chi connectivity index (χ0) is 20.0. The van der Waals surface area contributed by atoms with Crippen LogP contribution >= 0.6 is 34.9 Å². The predicted octanol–water partition coefficient (Wildman–Crippen LogP) is 2.57. The van der Waals surface area contributed by atoms with Crippen molar-refractivity contribution in [2.45, 2.75) is 15.8 Å². The Labute approximate surface area is 170 Å². The van der Waals surface area contributed by atoms with Gasteiger partial charge in [0, 0.05) is 30.7 Å². The van der Waals surface area contributed by atoms with Gasteiger partial charge in [0.1, 0.15) is 11.1 Å². The number of non-ortho nitro benzene ring substituents is 1. The summed E-state index contributed by atoms with van der Waals surface area (Å²) in [6.45, 7) is 0. The number of thioether (sulfide) groups is 2. The Morgan fingerprint density at radius 3 is 3.00 bits per heavy atom. The van der Waals surface area contributed by atoms with Gasteiger partial charge in [0.2, 0.25) is 0 Å². The Morgan fingerprint density at radius 1 is 1.54 bits per heavy atom. The van der Waals surface area contributed by atoms with Crippen LogP contribution in [0.5, 0.6) is 0 Å². The van der Waals surface area contributed by atoms with E-state index < -0.39 is 17.0 Å². The van der Waals surface area contributed by atoms with Gasteiger partial charge in [0.15, 0.2) is 10.4 Å². The molecule has 2 aliphatic heterocycles. The molecule has 0 radical (unpaired) electrons. The molecule has 0 spiro atoms. The van der Waals surface area contributed by atoms with E-state index in [-0.39, 0.29) is 22.7 Å². The Morgan fingerprint density at radius 2 is 2.32 bits per heavy atom. The molecule has 1 saturated heterocycles. The summed E-state index contributed by atoms with van der Waals surface area (Å²) in [6, 6.07) is 4.48. The number of aromatic nitrogens is 1. The number of nitro benzene ring substituents is 1. The van der Waals surface area contributed by atoms with E-state index in [1.165, 1.54) is 59.0 Å². The van der Waals surface area contributed by atoms with Crippen molar-refractivity contribution in [3.05, 3.63) is 39.6 Å². The second-order valence-corrected chi connectivity index (χ2v) is 9.36. The number of hydrogen-bond acceptors (Lipinski definition) is 9. The topological polar surface area (TPSA) is 123 Å². The lowest BCUT2D eigenvalue weighted by atomic mass is 10.1. The fourth-order valence-corrected chi connectivity index (χ4v) is 6.67. The summed E-state index contributed by atoms with van der Waals surface area (Å²) >= 11 is 4.15. The van der Waals surface area contributed by atoms with Gasteiger partial charge in [-0.15, -0.1) is 23.1 Å². The number of fused-ring (bicyclic) bond motifs is 2. The molecular weight excluding hydrogens is 426 g/mol.